The van der Waals surface area contributed by atoms with E-state index in [4.69, 9.17) is 28.6 Å². The largest absolute Gasteiger partial charge is 0.485 e. The molecule has 5 heteroatoms. The van der Waals surface area contributed by atoms with Crippen molar-refractivity contribution in [2.45, 2.75) is 19.4 Å². The molecule has 0 fully saturated rings. The fraction of sp³-hybridized carbons (Fsp3) is 0.375. The van der Waals surface area contributed by atoms with Gasteiger partial charge in [-0.3, -0.25) is 4.98 Å². The Balaban J connectivity index is 2.23. The highest BCUT2D eigenvalue weighted by molar-refractivity contribution is 7.80. The molecular weight excluding hydrogens is 304 g/mol. The predicted molar refractivity (Wildman–Crippen MR) is 90.6 cm³/mol. The average Bonchev–Trinajstić information content (AvgIpc) is 2.59. The highest BCUT2D eigenvalue weighted by Crippen LogP contribution is 2.34. The number of aromatic nitrogens is 1. The Hall–Kier alpha value is -1.39. The van der Waals surface area contributed by atoms with Crippen LogP contribution in [0.5, 0.6) is 5.75 Å². The SMILES string of the molecule is Cc1cc2c(c3ncccc13)OC(CCCl)CN(C)C2=S. The number of nitrogens with zero attached hydrogens (tertiary/aromatic N) is 2. The number of alkyl halides is 1. The Bertz CT molecular complexity index is 704. The molecule has 2 aromatic rings. The maximum Gasteiger partial charge on any atom is 0.156 e. The van der Waals surface area contributed by atoms with E-state index in [-0.39, 0.29) is 6.10 Å². The van der Waals surface area contributed by atoms with Crippen LogP contribution in [-0.2, 0) is 0 Å². The maximum atomic E-state index is 6.23. The van der Waals surface area contributed by atoms with E-state index >= 15 is 0 Å². The van der Waals surface area contributed by atoms with Gasteiger partial charge in [0.15, 0.2) is 5.75 Å². The van der Waals surface area contributed by atoms with Crippen molar-refractivity contribution < 1.29 is 4.74 Å². The molecule has 0 spiro atoms. The summed E-state index contributed by atoms with van der Waals surface area (Å²) in [6, 6.07) is 6.11. The first-order valence-corrected chi connectivity index (χ1v) is 7.92. The van der Waals surface area contributed by atoms with E-state index in [2.05, 4.69) is 28.9 Å². The molecule has 110 valence electrons. The molecule has 1 aliphatic heterocycles. The molecule has 3 nitrogen and oxygen atoms in total. The number of fused-ring (bicyclic) bond motifs is 3. The van der Waals surface area contributed by atoms with Gasteiger partial charge in [0.25, 0.3) is 0 Å². The van der Waals surface area contributed by atoms with Gasteiger partial charge in [-0.2, -0.15) is 0 Å². The summed E-state index contributed by atoms with van der Waals surface area (Å²) in [5, 5.41) is 1.10. The van der Waals surface area contributed by atoms with Gasteiger partial charge in [0, 0.05) is 24.5 Å². The van der Waals surface area contributed by atoms with Crippen LogP contribution < -0.4 is 4.74 Å². The number of pyridine rings is 1. The third kappa shape index (κ3) is 2.58. The normalized spacial score (nSPS) is 18.3. The number of rotatable bonds is 2. The molecule has 1 aromatic heterocycles. The summed E-state index contributed by atoms with van der Waals surface area (Å²) in [6.45, 7) is 2.82. The lowest BCUT2D eigenvalue weighted by Crippen LogP contribution is -2.33. The Kier molecular flexibility index (Phi) is 4.00. The molecule has 1 atom stereocenters. The van der Waals surface area contributed by atoms with E-state index < -0.39 is 0 Å². The Morgan fingerprint density at radius 2 is 2.33 bits per heavy atom. The van der Waals surface area contributed by atoms with Crippen molar-refractivity contribution in [3.63, 3.8) is 0 Å². The Labute approximate surface area is 134 Å². The highest BCUT2D eigenvalue weighted by atomic mass is 35.5. The molecule has 1 aromatic carbocycles. The molecule has 21 heavy (non-hydrogen) atoms. The summed E-state index contributed by atoms with van der Waals surface area (Å²) in [5.41, 5.74) is 2.99. The lowest BCUT2D eigenvalue weighted by atomic mass is 10.0. The molecule has 0 radical (unpaired) electrons. The van der Waals surface area contributed by atoms with Gasteiger partial charge < -0.3 is 9.64 Å². The van der Waals surface area contributed by atoms with Gasteiger partial charge >= 0.3 is 0 Å². The number of aryl methyl sites for hydroxylation is 1. The van der Waals surface area contributed by atoms with Crippen LogP contribution in [0.4, 0.5) is 0 Å². The Morgan fingerprint density at radius 3 is 3.10 bits per heavy atom. The lowest BCUT2D eigenvalue weighted by Gasteiger charge is -2.20. The molecule has 3 rings (SSSR count). The number of hydrogen-bond acceptors (Lipinski definition) is 3. The number of benzene rings is 1. The maximum absolute atomic E-state index is 6.23. The fourth-order valence-electron chi connectivity index (χ4n) is 2.74. The second kappa shape index (κ2) is 5.78. The summed E-state index contributed by atoms with van der Waals surface area (Å²) >= 11 is 11.5. The lowest BCUT2D eigenvalue weighted by molar-refractivity contribution is 0.180. The summed E-state index contributed by atoms with van der Waals surface area (Å²) in [6.07, 6.45) is 2.61. The molecule has 0 saturated heterocycles. The van der Waals surface area contributed by atoms with Crippen LogP contribution >= 0.6 is 23.8 Å². The van der Waals surface area contributed by atoms with Crippen molar-refractivity contribution in [1.82, 2.24) is 9.88 Å². The van der Waals surface area contributed by atoms with E-state index in [1.165, 1.54) is 0 Å². The standard InChI is InChI=1S/C16H17ClN2OS/c1-10-8-13-15(14-12(10)4-3-7-18-14)20-11(5-6-17)9-19(2)16(13)21/h3-4,7-8,11H,5-6,9H2,1-2H3. The van der Waals surface area contributed by atoms with Crippen molar-refractivity contribution in [3.8, 4) is 5.75 Å². The second-order valence-electron chi connectivity index (χ2n) is 5.37. The van der Waals surface area contributed by atoms with Gasteiger partial charge in [-0.15, -0.1) is 11.6 Å². The molecule has 0 saturated carbocycles. The van der Waals surface area contributed by atoms with Crippen molar-refractivity contribution in [3.05, 3.63) is 35.5 Å². The van der Waals surface area contributed by atoms with Gasteiger partial charge in [0.05, 0.1) is 12.1 Å². The zero-order valence-electron chi connectivity index (χ0n) is 12.1. The first-order valence-electron chi connectivity index (χ1n) is 6.98. The minimum Gasteiger partial charge on any atom is -0.485 e. The molecular formula is C16H17ClN2OS. The van der Waals surface area contributed by atoms with Crippen LogP contribution in [-0.4, -0.2) is 40.4 Å². The average molecular weight is 321 g/mol. The summed E-state index contributed by atoms with van der Waals surface area (Å²) < 4.78 is 6.23. The van der Waals surface area contributed by atoms with Gasteiger partial charge in [-0.25, -0.2) is 0 Å². The highest BCUT2D eigenvalue weighted by Gasteiger charge is 2.26. The predicted octanol–water partition coefficient (Wildman–Crippen LogP) is 3.54. The fourth-order valence-corrected chi connectivity index (χ4v) is 3.21. The van der Waals surface area contributed by atoms with Crippen LogP contribution in [0.1, 0.15) is 17.5 Å². The number of likely N-dealkylation sites (N-methyl/N-ethyl adjacent to an activating group) is 1. The molecule has 0 bridgehead atoms. The van der Waals surface area contributed by atoms with Crippen molar-refractivity contribution in [1.29, 1.82) is 0 Å². The quantitative estimate of drug-likeness (QED) is 0.624. The minimum atomic E-state index is 0.0274. The van der Waals surface area contributed by atoms with Crippen LogP contribution in [0, 0.1) is 6.92 Å². The van der Waals surface area contributed by atoms with E-state index in [0.717, 1.165) is 45.7 Å². The first-order chi connectivity index (χ1) is 10.1. The molecule has 0 N–H and O–H groups in total. The van der Waals surface area contributed by atoms with Crippen LogP contribution in [0.3, 0.4) is 0 Å². The first kappa shape index (κ1) is 14.5. The molecule has 0 amide bonds. The number of thiocarbonyl (C=S) groups is 1. The van der Waals surface area contributed by atoms with Gasteiger partial charge in [-0.05, 0) is 31.0 Å². The molecule has 1 unspecified atom stereocenters. The molecule has 0 aliphatic carbocycles. The van der Waals surface area contributed by atoms with Crippen molar-refractivity contribution >= 4 is 39.7 Å². The molecule has 2 heterocycles. The zero-order valence-corrected chi connectivity index (χ0v) is 13.7. The third-order valence-electron chi connectivity index (χ3n) is 3.82. The summed E-state index contributed by atoms with van der Waals surface area (Å²) in [7, 11) is 2.00. The number of hydrogen-bond donors (Lipinski definition) is 0. The number of ether oxygens (including phenoxy) is 1. The number of halogens is 1. The van der Waals surface area contributed by atoms with Crippen molar-refractivity contribution in [2.75, 3.05) is 19.5 Å². The monoisotopic (exact) mass is 320 g/mol. The molecule has 1 aliphatic rings. The van der Waals surface area contributed by atoms with Gasteiger partial charge in [-0.1, -0.05) is 18.3 Å². The van der Waals surface area contributed by atoms with Crippen LogP contribution in [0.2, 0.25) is 0 Å². The van der Waals surface area contributed by atoms with E-state index in [9.17, 15) is 0 Å². The zero-order chi connectivity index (χ0) is 15.0. The minimum absolute atomic E-state index is 0.0274. The topological polar surface area (TPSA) is 25.4 Å². The van der Waals surface area contributed by atoms with E-state index in [1.807, 2.05) is 13.1 Å². The van der Waals surface area contributed by atoms with Crippen LogP contribution in [0.25, 0.3) is 10.9 Å². The third-order valence-corrected chi connectivity index (χ3v) is 4.57. The second-order valence-corrected chi connectivity index (χ2v) is 6.14. The smallest absolute Gasteiger partial charge is 0.156 e. The van der Waals surface area contributed by atoms with Gasteiger partial charge in [0.1, 0.15) is 16.6 Å². The van der Waals surface area contributed by atoms with Gasteiger partial charge in [0.2, 0.25) is 0 Å². The van der Waals surface area contributed by atoms with Crippen LogP contribution in [0.15, 0.2) is 24.4 Å². The van der Waals surface area contributed by atoms with E-state index in [0.29, 0.717) is 5.88 Å². The Morgan fingerprint density at radius 1 is 1.52 bits per heavy atom. The summed E-state index contributed by atoms with van der Waals surface area (Å²) in [5.74, 6) is 1.36. The van der Waals surface area contributed by atoms with Crippen molar-refractivity contribution in [2.24, 2.45) is 0 Å². The van der Waals surface area contributed by atoms with E-state index in [1.54, 1.807) is 6.20 Å². The summed E-state index contributed by atoms with van der Waals surface area (Å²) in [4.78, 5) is 7.38.